The average Bonchev–Trinajstić information content (AvgIpc) is 2.40. The maximum Gasteiger partial charge on any atom is 0.136 e. The highest BCUT2D eigenvalue weighted by Gasteiger charge is 2.21. The number of ether oxygens (including phenoxy) is 1. The van der Waals surface area contributed by atoms with Crippen molar-refractivity contribution in [3.63, 3.8) is 0 Å². The van der Waals surface area contributed by atoms with Gasteiger partial charge in [-0.2, -0.15) is 0 Å². The zero-order chi connectivity index (χ0) is 11.7. The quantitative estimate of drug-likeness (QED) is 0.667. The first-order valence-electron chi connectivity index (χ1n) is 6.16. The molecular weight excluding hydrogens is 323 g/mol. The molecule has 1 aromatic carbocycles. The van der Waals surface area contributed by atoms with E-state index in [4.69, 9.17) is 4.74 Å². The standard InChI is InChI=1S/C15H15IO/c16-14-13-9-5-4-8-12(13)10-17-15(14)11-6-2-1-3-7-11/h4-6,8-9H,1-3,7,10H2. The lowest BCUT2D eigenvalue weighted by molar-refractivity contribution is 0.202. The van der Waals surface area contributed by atoms with Gasteiger partial charge in [-0.3, -0.25) is 0 Å². The highest BCUT2D eigenvalue weighted by Crippen LogP contribution is 2.39. The fraction of sp³-hybridized carbons (Fsp3) is 0.333. The van der Waals surface area contributed by atoms with Crippen molar-refractivity contribution in [3.05, 3.63) is 52.8 Å². The number of hydrogen-bond donors (Lipinski definition) is 0. The predicted octanol–water partition coefficient (Wildman–Crippen LogP) is 4.82. The van der Waals surface area contributed by atoms with E-state index in [-0.39, 0.29) is 0 Å². The lowest BCUT2D eigenvalue weighted by atomic mass is 9.95. The Morgan fingerprint density at radius 2 is 2.00 bits per heavy atom. The van der Waals surface area contributed by atoms with Crippen LogP contribution in [0.3, 0.4) is 0 Å². The van der Waals surface area contributed by atoms with Gasteiger partial charge in [-0.1, -0.05) is 30.3 Å². The molecule has 3 rings (SSSR count). The minimum Gasteiger partial charge on any atom is -0.487 e. The number of allylic oxidation sites excluding steroid dienone is 2. The van der Waals surface area contributed by atoms with Crippen LogP contribution in [0.5, 0.6) is 0 Å². The van der Waals surface area contributed by atoms with Gasteiger partial charge in [-0.15, -0.1) is 0 Å². The zero-order valence-electron chi connectivity index (χ0n) is 9.71. The van der Waals surface area contributed by atoms with Gasteiger partial charge >= 0.3 is 0 Å². The number of rotatable bonds is 1. The van der Waals surface area contributed by atoms with Crippen molar-refractivity contribution in [2.24, 2.45) is 0 Å². The summed E-state index contributed by atoms with van der Waals surface area (Å²) in [7, 11) is 0. The maximum absolute atomic E-state index is 5.96. The van der Waals surface area contributed by atoms with Gasteiger partial charge < -0.3 is 4.74 Å². The van der Waals surface area contributed by atoms with Crippen LogP contribution >= 0.6 is 22.6 Å². The number of benzene rings is 1. The molecule has 0 unspecified atom stereocenters. The Hall–Kier alpha value is -0.770. The molecule has 0 N–H and O–H groups in total. The number of hydrogen-bond acceptors (Lipinski definition) is 1. The van der Waals surface area contributed by atoms with E-state index < -0.39 is 0 Å². The van der Waals surface area contributed by atoms with Gasteiger partial charge in [0.15, 0.2) is 0 Å². The van der Waals surface area contributed by atoms with Crippen LogP contribution < -0.4 is 0 Å². The fourth-order valence-electron chi connectivity index (χ4n) is 2.47. The molecule has 2 aliphatic rings. The second-order valence-electron chi connectivity index (χ2n) is 4.56. The molecule has 0 saturated carbocycles. The molecule has 1 aromatic rings. The van der Waals surface area contributed by atoms with E-state index in [0.29, 0.717) is 0 Å². The van der Waals surface area contributed by atoms with Crippen molar-refractivity contribution in [3.8, 4) is 0 Å². The van der Waals surface area contributed by atoms with Crippen molar-refractivity contribution in [2.75, 3.05) is 0 Å². The van der Waals surface area contributed by atoms with Gasteiger partial charge in [0.25, 0.3) is 0 Å². The number of halogens is 1. The molecule has 17 heavy (non-hydrogen) atoms. The van der Waals surface area contributed by atoms with Crippen LogP contribution in [0.25, 0.3) is 3.58 Å². The molecule has 1 aliphatic carbocycles. The lowest BCUT2D eigenvalue weighted by Crippen LogP contribution is -2.08. The summed E-state index contributed by atoms with van der Waals surface area (Å²) >= 11 is 2.43. The molecule has 0 fully saturated rings. The summed E-state index contributed by atoms with van der Waals surface area (Å²) in [6.45, 7) is 0.718. The Morgan fingerprint density at radius 3 is 2.82 bits per heavy atom. The summed E-state index contributed by atoms with van der Waals surface area (Å²) in [4.78, 5) is 0. The summed E-state index contributed by atoms with van der Waals surface area (Å²) in [6.07, 6.45) is 7.34. The third-order valence-corrected chi connectivity index (χ3v) is 4.48. The third-order valence-electron chi connectivity index (χ3n) is 3.41. The lowest BCUT2D eigenvalue weighted by Gasteiger charge is -2.24. The summed E-state index contributed by atoms with van der Waals surface area (Å²) < 4.78 is 7.24. The molecule has 0 aromatic heterocycles. The molecular formula is C15H15IO. The predicted molar refractivity (Wildman–Crippen MR) is 78.7 cm³/mol. The Morgan fingerprint density at radius 1 is 1.12 bits per heavy atom. The van der Waals surface area contributed by atoms with E-state index in [9.17, 15) is 0 Å². The van der Waals surface area contributed by atoms with Crippen LogP contribution in [-0.2, 0) is 11.3 Å². The van der Waals surface area contributed by atoms with Gasteiger partial charge in [0, 0.05) is 0 Å². The van der Waals surface area contributed by atoms with Crippen molar-refractivity contribution in [1.29, 1.82) is 0 Å². The van der Waals surface area contributed by atoms with Crippen molar-refractivity contribution < 1.29 is 4.74 Å². The molecule has 1 aliphatic heterocycles. The molecule has 0 atom stereocenters. The first kappa shape index (κ1) is 11.3. The molecule has 88 valence electrons. The molecule has 1 nitrogen and oxygen atoms in total. The van der Waals surface area contributed by atoms with Crippen molar-refractivity contribution in [1.82, 2.24) is 0 Å². The Bertz CT molecular complexity index is 499. The van der Waals surface area contributed by atoms with Crippen molar-refractivity contribution >= 4 is 26.2 Å². The minimum atomic E-state index is 0.718. The first-order valence-corrected chi connectivity index (χ1v) is 7.24. The molecule has 0 spiro atoms. The second kappa shape index (κ2) is 4.84. The van der Waals surface area contributed by atoms with E-state index in [1.807, 2.05) is 0 Å². The van der Waals surface area contributed by atoms with Gasteiger partial charge in [-0.05, 0) is 65.0 Å². The van der Waals surface area contributed by atoms with Gasteiger partial charge in [0.1, 0.15) is 12.4 Å². The van der Waals surface area contributed by atoms with E-state index >= 15 is 0 Å². The smallest absolute Gasteiger partial charge is 0.136 e. The minimum absolute atomic E-state index is 0.718. The van der Waals surface area contributed by atoms with Crippen LogP contribution in [0.1, 0.15) is 36.8 Å². The normalized spacial score (nSPS) is 19.5. The molecule has 2 heteroatoms. The van der Waals surface area contributed by atoms with Crippen LogP contribution in [0.2, 0.25) is 0 Å². The highest BCUT2D eigenvalue weighted by atomic mass is 127. The first-order chi connectivity index (χ1) is 8.36. The zero-order valence-corrected chi connectivity index (χ0v) is 11.9. The molecule has 0 saturated heterocycles. The van der Waals surface area contributed by atoms with Gasteiger partial charge in [-0.25, -0.2) is 0 Å². The fourth-order valence-corrected chi connectivity index (χ4v) is 3.50. The van der Waals surface area contributed by atoms with Gasteiger partial charge in [0.05, 0.1) is 3.58 Å². The summed E-state index contributed by atoms with van der Waals surface area (Å²) in [6, 6.07) is 8.54. The van der Waals surface area contributed by atoms with Crippen LogP contribution in [-0.4, -0.2) is 0 Å². The van der Waals surface area contributed by atoms with E-state index in [1.165, 1.54) is 46.0 Å². The van der Waals surface area contributed by atoms with Crippen molar-refractivity contribution in [2.45, 2.75) is 32.3 Å². The molecule has 0 radical (unpaired) electrons. The number of fused-ring (bicyclic) bond motifs is 1. The maximum atomic E-state index is 5.96. The van der Waals surface area contributed by atoms with Crippen LogP contribution in [0, 0.1) is 0 Å². The topological polar surface area (TPSA) is 9.23 Å². The summed E-state index contributed by atoms with van der Waals surface area (Å²) in [5.74, 6) is 1.13. The van der Waals surface area contributed by atoms with Crippen LogP contribution in [0.15, 0.2) is 41.7 Å². The highest BCUT2D eigenvalue weighted by molar-refractivity contribution is 14.1. The summed E-state index contributed by atoms with van der Waals surface area (Å²) in [5, 5.41) is 0. The van der Waals surface area contributed by atoms with Crippen LogP contribution in [0.4, 0.5) is 0 Å². The molecule has 1 heterocycles. The second-order valence-corrected chi connectivity index (χ2v) is 5.64. The average molecular weight is 338 g/mol. The Labute approximate surface area is 116 Å². The largest absolute Gasteiger partial charge is 0.487 e. The van der Waals surface area contributed by atoms with E-state index in [2.05, 4.69) is 52.9 Å². The Kier molecular flexibility index (Phi) is 3.23. The van der Waals surface area contributed by atoms with E-state index in [0.717, 1.165) is 12.4 Å². The Balaban J connectivity index is 2.04. The third kappa shape index (κ3) is 2.15. The van der Waals surface area contributed by atoms with Gasteiger partial charge in [0.2, 0.25) is 0 Å². The SMILES string of the molecule is IC1=C(C2=CCCCC2)OCc2ccccc21. The molecule has 0 amide bonds. The molecule has 0 bridgehead atoms. The summed E-state index contributed by atoms with van der Waals surface area (Å²) in [5.41, 5.74) is 4.06. The monoisotopic (exact) mass is 338 g/mol. The van der Waals surface area contributed by atoms with E-state index in [1.54, 1.807) is 0 Å².